The van der Waals surface area contributed by atoms with E-state index in [4.69, 9.17) is 23.8 Å². The van der Waals surface area contributed by atoms with E-state index in [1.807, 2.05) is 72.8 Å². The fourth-order valence-corrected chi connectivity index (χ4v) is 8.32. The van der Waals surface area contributed by atoms with Gasteiger partial charge in [-0.25, -0.2) is 15.0 Å². The van der Waals surface area contributed by atoms with Crippen LogP contribution in [0.2, 0.25) is 0 Å². The highest BCUT2D eigenvalue weighted by Crippen LogP contribution is 2.39. The number of furan rings is 2. The number of hydrogen-bond acceptors (Lipinski definition) is 5. The third kappa shape index (κ3) is 5.08. The summed E-state index contributed by atoms with van der Waals surface area (Å²) in [5, 5.41) is 6.69. The lowest BCUT2D eigenvalue weighted by Crippen LogP contribution is -2.00. The molecule has 0 saturated heterocycles. The summed E-state index contributed by atoms with van der Waals surface area (Å²) < 4.78 is 15.4. The second kappa shape index (κ2) is 12.3. The second-order valence-corrected chi connectivity index (χ2v) is 14.4. The van der Waals surface area contributed by atoms with Crippen molar-refractivity contribution in [3.05, 3.63) is 182 Å². The number of fused-ring (bicyclic) bond motifs is 9. The van der Waals surface area contributed by atoms with E-state index in [2.05, 4.69) is 114 Å². The van der Waals surface area contributed by atoms with Crippen molar-refractivity contribution in [2.45, 2.75) is 0 Å². The quantitative estimate of drug-likeness (QED) is 0.176. The molecule has 0 fully saturated rings. The number of aromatic nitrogens is 4. The molecule has 0 bridgehead atoms. The SMILES string of the molecule is c1ccc(-c2nc(-c3ccccc3)nc(-c3ccc4oc5cc(-c6ccc7c(c6)oc6cc(-n8c9ccccc9c9ccccc98)ccc67)ccc5c4c3)n2)cc1. The fourth-order valence-electron chi connectivity index (χ4n) is 8.32. The Morgan fingerprint density at radius 2 is 0.754 bits per heavy atom. The average molecular weight is 731 g/mol. The molecule has 12 aromatic rings. The molecule has 6 nitrogen and oxygen atoms in total. The van der Waals surface area contributed by atoms with E-state index < -0.39 is 0 Å². The molecule has 57 heavy (non-hydrogen) atoms. The lowest BCUT2D eigenvalue weighted by Gasteiger charge is -2.08. The molecule has 0 aliphatic carbocycles. The van der Waals surface area contributed by atoms with Gasteiger partial charge in [-0.3, -0.25) is 0 Å². The summed E-state index contributed by atoms with van der Waals surface area (Å²) >= 11 is 0. The van der Waals surface area contributed by atoms with Gasteiger partial charge in [0.15, 0.2) is 17.5 Å². The number of hydrogen-bond donors (Lipinski definition) is 0. The molecule has 0 amide bonds. The lowest BCUT2D eigenvalue weighted by molar-refractivity contribution is 0.668. The Morgan fingerprint density at radius 3 is 1.35 bits per heavy atom. The standard InChI is InChI=1S/C51H30N4O2/c1-3-11-31(12-4-1)49-52-50(32-13-5-2-6-14-32)54-51(53-49)35-21-26-45-42(27-35)41-24-20-34(29-47(41)56-45)33-19-23-39-40-25-22-36(30-48(40)57-46(39)28-33)55-43-17-9-7-15-37(43)38-16-8-10-18-44(38)55/h1-30H. The molecule has 0 radical (unpaired) electrons. The van der Waals surface area contributed by atoms with Crippen LogP contribution in [-0.4, -0.2) is 19.5 Å². The fraction of sp³-hybridized carbons (Fsp3) is 0. The summed E-state index contributed by atoms with van der Waals surface area (Å²) in [6.07, 6.45) is 0. The normalized spacial score (nSPS) is 11.9. The van der Waals surface area contributed by atoms with Gasteiger partial charge in [-0.2, -0.15) is 0 Å². The predicted octanol–water partition coefficient (Wildman–Crippen LogP) is 13.4. The van der Waals surface area contributed by atoms with Crippen LogP contribution in [0, 0.1) is 0 Å². The Hall–Kier alpha value is -7.83. The first-order valence-corrected chi connectivity index (χ1v) is 19.0. The Kier molecular flexibility index (Phi) is 6.83. The molecule has 12 rings (SSSR count). The highest BCUT2D eigenvalue weighted by Gasteiger charge is 2.17. The second-order valence-electron chi connectivity index (χ2n) is 14.4. The van der Waals surface area contributed by atoms with Crippen molar-refractivity contribution < 1.29 is 8.83 Å². The van der Waals surface area contributed by atoms with Gasteiger partial charge in [0, 0.05) is 60.8 Å². The van der Waals surface area contributed by atoms with Gasteiger partial charge in [0.05, 0.1) is 11.0 Å². The zero-order chi connectivity index (χ0) is 37.5. The lowest BCUT2D eigenvalue weighted by atomic mass is 10.0. The largest absolute Gasteiger partial charge is 0.456 e. The highest BCUT2D eigenvalue weighted by atomic mass is 16.3. The van der Waals surface area contributed by atoms with Gasteiger partial charge in [-0.15, -0.1) is 0 Å². The average Bonchev–Trinajstić information content (AvgIpc) is 3.95. The van der Waals surface area contributed by atoms with Crippen molar-refractivity contribution in [1.82, 2.24) is 19.5 Å². The van der Waals surface area contributed by atoms with E-state index in [0.717, 1.165) is 77.4 Å². The number of rotatable bonds is 5. The van der Waals surface area contributed by atoms with Crippen molar-refractivity contribution in [1.29, 1.82) is 0 Å². The van der Waals surface area contributed by atoms with Crippen LogP contribution in [0.3, 0.4) is 0 Å². The maximum atomic E-state index is 6.59. The minimum absolute atomic E-state index is 0.608. The van der Waals surface area contributed by atoms with Crippen molar-refractivity contribution in [3.8, 4) is 51.0 Å². The van der Waals surface area contributed by atoms with E-state index in [-0.39, 0.29) is 0 Å². The topological polar surface area (TPSA) is 69.9 Å². The maximum Gasteiger partial charge on any atom is 0.164 e. The summed E-state index contributed by atoms with van der Waals surface area (Å²) in [5.74, 6) is 1.87. The molecule has 266 valence electrons. The monoisotopic (exact) mass is 730 g/mol. The van der Waals surface area contributed by atoms with Gasteiger partial charge in [0.2, 0.25) is 0 Å². The predicted molar refractivity (Wildman–Crippen MR) is 230 cm³/mol. The van der Waals surface area contributed by atoms with E-state index in [1.165, 1.54) is 21.8 Å². The molecule has 0 N–H and O–H groups in total. The van der Waals surface area contributed by atoms with Crippen LogP contribution in [0.1, 0.15) is 0 Å². The van der Waals surface area contributed by atoms with Crippen molar-refractivity contribution in [2.75, 3.05) is 0 Å². The first-order valence-electron chi connectivity index (χ1n) is 19.0. The van der Waals surface area contributed by atoms with Gasteiger partial charge in [0.1, 0.15) is 22.3 Å². The summed E-state index contributed by atoms with van der Waals surface area (Å²) in [6.45, 7) is 0. The van der Waals surface area contributed by atoms with Gasteiger partial charge in [0.25, 0.3) is 0 Å². The van der Waals surface area contributed by atoms with E-state index in [1.54, 1.807) is 0 Å². The third-order valence-corrected chi connectivity index (χ3v) is 11.1. The number of para-hydroxylation sites is 2. The zero-order valence-electron chi connectivity index (χ0n) is 30.4. The Labute approximate surface area is 325 Å². The smallest absolute Gasteiger partial charge is 0.164 e. The molecule has 4 aromatic heterocycles. The molecule has 0 spiro atoms. The van der Waals surface area contributed by atoms with Crippen LogP contribution < -0.4 is 0 Å². The molecular weight excluding hydrogens is 701 g/mol. The van der Waals surface area contributed by atoms with Gasteiger partial charge in [-0.1, -0.05) is 109 Å². The molecular formula is C51H30N4O2. The molecule has 0 saturated carbocycles. The summed E-state index contributed by atoms with van der Waals surface area (Å²) in [6, 6.07) is 62.7. The van der Waals surface area contributed by atoms with Crippen LogP contribution in [0.5, 0.6) is 0 Å². The molecule has 6 heteroatoms. The van der Waals surface area contributed by atoms with Gasteiger partial charge >= 0.3 is 0 Å². The van der Waals surface area contributed by atoms with Crippen LogP contribution in [0.4, 0.5) is 0 Å². The van der Waals surface area contributed by atoms with Crippen molar-refractivity contribution in [3.63, 3.8) is 0 Å². The van der Waals surface area contributed by atoms with Crippen LogP contribution in [0.25, 0.3) is 117 Å². The third-order valence-electron chi connectivity index (χ3n) is 11.1. The zero-order valence-corrected chi connectivity index (χ0v) is 30.4. The Balaban J connectivity index is 0.920. The summed E-state index contributed by atoms with van der Waals surface area (Å²) in [7, 11) is 0. The van der Waals surface area contributed by atoms with E-state index in [9.17, 15) is 0 Å². The molecule has 0 aliphatic rings. The minimum Gasteiger partial charge on any atom is -0.456 e. The molecule has 0 atom stereocenters. The first-order chi connectivity index (χ1) is 28.2. The Bertz CT molecular complexity index is 3410. The van der Waals surface area contributed by atoms with Gasteiger partial charge in [-0.05, 0) is 77.9 Å². The van der Waals surface area contributed by atoms with Gasteiger partial charge < -0.3 is 13.4 Å². The molecule has 4 heterocycles. The van der Waals surface area contributed by atoms with E-state index in [0.29, 0.717) is 17.5 Å². The van der Waals surface area contributed by atoms with Crippen LogP contribution in [0.15, 0.2) is 191 Å². The highest BCUT2D eigenvalue weighted by molar-refractivity contribution is 6.11. The molecule has 8 aromatic carbocycles. The maximum absolute atomic E-state index is 6.59. The van der Waals surface area contributed by atoms with Crippen molar-refractivity contribution in [2.24, 2.45) is 0 Å². The first kappa shape index (κ1) is 31.5. The van der Waals surface area contributed by atoms with Crippen LogP contribution in [-0.2, 0) is 0 Å². The Morgan fingerprint density at radius 1 is 0.298 bits per heavy atom. The van der Waals surface area contributed by atoms with Crippen LogP contribution >= 0.6 is 0 Å². The molecule has 0 aliphatic heterocycles. The number of benzene rings is 8. The molecule has 0 unspecified atom stereocenters. The summed E-state index contributed by atoms with van der Waals surface area (Å²) in [5.41, 5.74) is 11.6. The minimum atomic E-state index is 0.608. The van der Waals surface area contributed by atoms with E-state index >= 15 is 0 Å². The number of nitrogens with zero attached hydrogens (tertiary/aromatic N) is 4. The summed E-state index contributed by atoms with van der Waals surface area (Å²) in [4.78, 5) is 14.7. The van der Waals surface area contributed by atoms with Crippen molar-refractivity contribution >= 4 is 65.7 Å².